The zero-order valence-electron chi connectivity index (χ0n) is 7.69. The molecule has 0 aliphatic carbocycles. The number of H-pyrrole nitrogens is 1. The number of aryl methyl sites for hydroxylation is 2. The molecule has 2 heterocycles. The molecule has 2 rings (SSSR count). The van der Waals surface area contributed by atoms with Gasteiger partial charge in [-0.2, -0.15) is 30.5 Å². The third-order valence-electron chi connectivity index (χ3n) is 1.36. The molecule has 1 N–H and O–H groups in total. The fraction of sp³-hybridized carbons (Fsp3) is 0.200. The van der Waals surface area contributed by atoms with Crippen molar-refractivity contribution in [3.63, 3.8) is 0 Å². The Morgan fingerprint density at radius 1 is 1.54 bits per heavy atom. The first kappa shape index (κ1) is 12.2. The van der Waals surface area contributed by atoms with Gasteiger partial charge in [0.15, 0.2) is 0 Å². The molecule has 2 nitrogen and oxygen atoms in total. The fourth-order valence-corrected chi connectivity index (χ4v) is 0.834. The molecule has 0 aliphatic heterocycles. The van der Waals surface area contributed by atoms with Gasteiger partial charge in [0.2, 0.25) is 0 Å². The van der Waals surface area contributed by atoms with E-state index in [1.165, 1.54) is 0 Å². The van der Waals surface area contributed by atoms with Crippen molar-refractivity contribution in [2.75, 3.05) is 0 Å². The number of hydrogen-bond donors (Lipinski definition) is 1. The van der Waals surface area contributed by atoms with Crippen LogP contribution >= 0.6 is 0 Å². The summed E-state index contributed by atoms with van der Waals surface area (Å²) in [5, 5.41) is 0. The van der Waals surface area contributed by atoms with Crippen molar-refractivity contribution >= 4 is 0 Å². The number of aromatic amines is 1. The standard InChI is InChI=1S/C6H8N.C4H4N.Ru/c1-5-3-4-6(2)7-5;1-2-4-5-3-1;/h3-4H,1-2H3;1-3,5H;/q2*-1;+2. The molecule has 3 heteroatoms. The number of aromatic nitrogens is 2. The molecule has 0 fully saturated rings. The molecule has 0 aliphatic rings. The molecule has 70 valence electrons. The molecule has 0 spiro atoms. The van der Waals surface area contributed by atoms with Crippen molar-refractivity contribution in [2.24, 2.45) is 0 Å². The van der Waals surface area contributed by atoms with Crippen LogP contribution in [0.3, 0.4) is 0 Å². The first-order chi connectivity index (χ1) is 5.79. The predicted octanol–water partition coefficient (Wildman–Crippen LogP) is 2.23. The van der Waals surface area contributed by atoms with Crippen LogP contribution in [0.15, 0.2) is 30.5 Å². The van der Waals surface area contributed by atoms with Crippen molar-refractivity contribution in [3.8, 4) is 0 Å². The van der Waals surface area contributed by atoms with Crippen LogP contribution < -0.4 is 0 Å². The van der Waals surface area contributed by atoms with Crippen molar-refractivity contribution in [1.82, 2.24) is 9.97 Å². The van der Waals surface area contributed by atoms with Crippen molar-refractivity contribution in [3.05, 3.63) is 48.0 Å². The van der Waals surface area contributed by atoms with E-state index in [4.69, 9.17) is 0 Å². The van der Waals surface area contributed by atoms with Crippen LogP contribution in [0.4, 0.5) is 0 Å². The Hall–Kier alpha value is -0.817. The number of rotatable bonds is 0. The average Bonchev–Trinajstić information content (AvgIpc) is 2.63. The molecule has 0 saturated heterocycles. The molecule has 0 saturated carbocycles. The molecular weight excluding hydrogens is 249 g/mol. The summed E-state index contributed by atoms with van der Waals surface area (Å²) in [6, 6.07) is 7.73. The van der Waals surface area contributed by atoms with Crippen LogP contribution in [0.2, 0.25) is 0 Å². The third-order valence-corrected chi connectivity index (χ3v) is 1.36. The van der Waals surface area contributed by atoms with Crippen LogP contribution in [0.25, 0.3) is 0 Å². The Balaban J connectivity index is 0.000000215. The summed E-state index contributed by atoms with van der Waals surface area (Å²) in [7, 11) is 0. The van der Waals surface area contributed by atoms with Gasteiger partial charge in [-0.05, 0) is 0 Å². The monoisotopic (exact) mass is 262 g/mol. The Morgan fingerprint density at radius 2 is 2.31 bits per heavy atom. The van der Waals surface area contributed by atoms with E-state index < -0.39 is 0 Å². The summed E-state index contributed by atoms with van der Waals surface area (Å²) in [6.07, 6.45) is 4.56. The average molecular weight is 261 g/mol. The van der Waals surface area contributed by atoms with Crippen molar-refractivity contribution in [2.45, 2.75) is 13.8 Å². The van der Waals surface area contributed by atoms with E-state index in [-0.39, 0.29) is 19.5 Å². The number of hydrogen-bond acceptors (Lipinski definition) is 1. The van der Waals surface area contributed by atoms with Gasteiger partial charge < -0.3 is 9.97 Å². The molecular formula is C10H12N2Ru. The maximum Gasteiger partial charge on any atom is 2.00 e. The first-order valence-electron chi connectivity index (χ1n) is 3.85. The summed E-state index contributed by atoms with van der Waals surface area (Å²) < 4.78 is 0. The van der Waals surface area contributed by atoms with Crippen LogP contribution in [-0.2, 0) is 19.5 Å². The van der Waals surface area contributed by atoms with Gasteiger partial charge in [0.1, 0.15) is 0 Å². The van der Waals surface area contributed by atoms with E-state index in [1.807, 2.05) is 44.3 Å². The molecule has 2 aromatic rings. The molecule has 0 unspecified atom stereocenters. The third kappa shape index (κ3) is 5.43. The largest absolute Gasteiger partial charge is 2.00 e. The minimum absolute atomic E-state index is 0. The SMILES string of the molecule is Cc1cc[c-](C)n1.[Ru+2].[c-]1ccc[nH]1. The molecule has 0 aromatic carbocycles. The van der Waals surface area contributed by atoms with E-state index in [0.29, 0.717) is 0 Å². The van der Waals surface area contributed by atoms with Gasteiger partial charge in [0.25, 0.3) is 0 Å². The van der Waals surface area contributed by atoms with E-state index in [1.54, 1.807) is 0 Å². The number of nitrogens with one attached hydrogen (secondary N) is 1. The first-order valence-corrected chi connectivity index (χ1v) is 3.85. The number of nitrogens with zero attached hydrogens (tertiary/aromatic N) is 1. The Labute approximate surface area is 91.5 Å². The van der Waals surface area contributed by atoms with E-state index in [2.05, 4.69) is 16.2 Å². The quantitative estimate of drug-likeness (QED) is 0.572. The fourth-order valence-electron chi connectivity index (χ4n) is 0.834. The minimum atomic E-state index is 0. The topological polar surface area (TPSA) is 28.7 Å². The second-order valence-corrected chi connectivity index (χ2v) is 2.54. The minimum Gasteiger partial charge on any atom is -0.484 e. The smallest absolute Gasteiger partial charge is 0.484 e. The summed E-state index contributed by atoms with van der Waals surface area (Å²) in [6.45, 7) is 3.99. The summed E-state index contributed by atoms with van der Waals surface area (Å²) in [5.41, 5.74) is 2.22. The zero-order valence-corrected chi connectivity index (χ0v) is 9.43. The normalized spacial score (nSPS) is 8.15. The molecule has 0 radical (unpaired) electrons. The van der Waals surface area contributed by atoms with Gasteiger partial charge in [0.05, 0.1) is 0 Å². The zero-order chi connectivity index (χ0) is 8.81. The summed E-state index contributed by atoms with van der Waals surface area (Å²) >= 11 is 0. The Kier molecular flexibility index (Phi) is 6.25. The molecule has 0 amide bonds. The van der Waals surface area contributed by atoms with Gasteiger partial charge in [-0.3, -0.25) is 0 Å². The van der Waals surface area contributed by atoms with Crippen LogP contribution in [0.5, 0.6) is 0 Å². The van der Waals surface area contributed by atoms with Crippen molar-refractivity contribution < 1.29 is 19.5 Å². The van der Waals surface area contributed by atoms with Gasteiger partial charge in [-0.15, -0.1) is 11.9 Å². The molecule has 0 bridgehead atoms. The van der Waals surface area contributed by atoms with Crippen LogP contribution in [0, 0.1) is 20.0 Å². The molecule has 13 heavy (non-hydrogen) atoms. The van der Waals surface area contributed by atoms with Gasteiger partial charge >= 0.3 is 19.5 Å². The summed E-state index contributed by atoms with van der Waals surface area (Å²) in [5.74, 6) is 0. The van der Waals surface area contributed by atoms with Crippen LogP contribution in [0.1, 0.15) is 11.4 Å². The second-order valence-electron chi connectivity index (χ2n) is 2.54. The maximum absolute atomic E-state index is 4.11. The van der Waals surface area contributed by atoms with E-state index >= 15 is 0 Å². The molecule has 2 aromatic heterocycles. The van der Waals surface area contributed by atoms with Gasteiger partial charge in [-0.25, -0.2) is 0 Å². The van der Waals surface area contributed by atoms with E-state index in [9.17, 15) is 0 Å². The van der Waals surface area contributed by atoms with Crippen LogP contribution in [-0.4, -0.2) is 9.97 Å². The Bertz CT molecular complexity index is 265. The Morgan fingerprint density at radius 3 is 2.46 bits per heavy atom. The van der Waals surface area contributed by atoms with Gasteiger partial charge in [0, 0.05) is 0 Å². The second kappa shape index (κ2) is 6.67. The van der Waals surface area contributed by atoms with Gasteiger partial charge in [-0.1, -0.05) is 19.5 Å². The predicted molar refractivity (Wildman–Crippen MR) is 48.9 cm³/mol. The molecule has 0 atom stereocenters. The van der Waals surface area contributed by atoms with Crippen molar-refractivity contribution in [1.29, 1.82) is 0 Å². The summed E-state index contributed by atoms with van der Waals surface area (Å²) in [4.78, 5) is 6.85. The maximum atomic E-state index is 4.11. The van der Waals surface area contributed by atoms with E-state index in [0.717, 1.165) is 11.4 Å².